The van der Waals surface area contributed by atoms with E-state index in [9.17, 15) is 5.11 Å². The second-order valence-corrected chi connectivity index (χ2v) is 8.64. The van der Waals surface area contributed by atoms with Crippen molar-refractivity contribution in [2.75, 3.05) is 6.61 Å². The third kappa shape index (κ3) is 4.19. The number of hydrogen-bond acceptors (Lipinski definition) is 9. The standard InChI is InChI=1S/C25H19N5O4S/c31-18-11-5-4-10-17(18)24-26-22(29-34-24)15-35-25-28-27-23(30(25)16-8-2-1-3-9-16)21-14-32-19-12-6-7-13-20(19)33-21/h1-13,21,31H,14-15H2. The lowest BCUT2D eigenvalue weighted by Gasteiger charge is -2.26. The molecule has 5 aromatic rings. The van der Waals surface area contributed by atoms with Gasteiger partial charge in [-0.25, -0.2) is 0 Å². The fraction of sp³-hybridized carbons (Fsp3) is 0.120. The Kier molecular flexibility index (Phi) is 5.55. The van der Waals surface area contributed by atoms with Gasteiger partial charge in [-0.15, -0.1) is 10.2 Å². The lowest BCUT2D eigenvalue weighted by atomic mass is 10.2. The topological polar surface area (TPSA) is 108 Å². The molecule has 0 spiro atoms. The zero-order valence-electron chi connectivity index (χ0n) is 18.3. The zero-order chi connectivity index (χ0) is 23.6. The summed E-state index contributed by atoms with van der Waals surface area (Å²) >= 11 is 1.42. The quantitative estimate of drug-likeness (QED) is 0.338. The fourth-order valence-corrected chi connectivity index (χ4v) is 4.56. The van der Waals surface area contributed by atoms with E-state index >= 15 is 0 Å². The van der Waals surface area contributed by atoms with Crippen LogP contribution >= 0.6 is 11.8 Å². The van der Waals surface area contributed by atoms with Crippen LogP contribution in [-0.2, 0) is 5.75 Å². The molecule has 0 radical (unpaired) electrons. The van der Waals surface area contributed by atoms with Crippen LogP contribution in [0.1, 0.15) is 17.8 Å². The molecule has 1 atom stereocenters. The van der Waals surface area contributed by atoms with Crippen LogP contribution in [0.3, 0.4) is 0 Å². The SMILES string of the molecule is Oc1ccccc1-c1nc(CSc2nnc(C3COc4ccccc4O3)n2-c2ccccc2)no1. The highest BCUT2D eigenvalue weighted by atomic mass is 32.2. The van der Waals surface area contributed by atoms with Crippen LogP contribution in [0.4, 0.5) is 0 Å². The van der Waals surface area contributed by atoms with Crippen LogP contribution in [0.2, 0.25) is 0 Å². The number of rotatable bonds is 6. The molecule has 3 heterocycles. The van der Waals surface area contributed by atoms with E-state index in [0.717, 1.165) is 5.69 Å². The lowest BCUT2D eigenvalue weighted by molar-refractivity contribution is 0.0835. The maximum atomic E-state index is 10.1. The summed E-state index contributed by atoms with van der Waals surface area (Å²) < 4.78 is 19.4. The average Bonchev–Trinajstić information content (AvgIpc) is 3.55. The molecule has 6 rings (SSSR count). The molecular formula is C25H19N5O4S. The maximum absolute atomic E-state index is 10.1. The molecule has 1 N–H and O–H groups in total. The highest BCUT2D eigenvalue weighted by Gasteiger charge is 2.29. The molecule has 2 aromatic heterocycles. The van der Waals surface area contributed by atoms with Gasteiger partial charge in [-0.3, -0.25) is 4.57 Å². The highest BCUT2D eigenvalue weighted by molar-refractivity contribution is 7.98. The van der Waals surface area contributed by atoms with Gasteiger partial charge < -0.3 is 19.1 Å². The van der Waals surface area contributed by atoms with Crippen LogP contribution in [0.25, 0.3) is 17.1 Å². The van der Waals surface area contributed by atoms with Crippen LogP contribution in [-0.4, -0.2) is 36.6 Å². The van der Waals surface area contributed by atoms with Crippen molar-refractivity contribution in [3.05, 3.63) is 90.5 Å². The number of fused-ring (bicyclic) bond motifs is 1. The van der Waals surface area contributed by atoms with E-state index in [0.29, 0.717) is 46.2 Å². The Morgan fingerprint density at radius 2 is 1.69 bits per heavy atom. The Morgan fingerprint density at radius 3 is 2.54 bits per heavy atom. The summed E-state index contributed by atoms with van der Waals surface area (Å²) in [5, 5.41) is 23.7. The van der Waals surface area contributed by atoms with Crippen LogP contribution in [0.5, 0.6) is 17.2 Å². The molecule has 0 amide bonds. The number of thioether (sulfide) groups is 1. The number of phenolic OH excluding ortho intramolecular Hbond substituents is 1. The van der Waals surface area contributed by atoms with Crippen molar-refractivity contribution < 1.29 is 19.1 Å². The zero-order valence-corrected chi connectivity index (χ0v) is 19.1. The molecule has 1 unspecified atom stereocenters. The van der Waals surface area contributed by atoms with Gasteiger partial charge in [-0.2, -0.15) is 4.98 Å². The number of ether oxygens (including phenoxy) is 2. The van der Waals surface area contributed by atoms with Crippen LogP contribution in [0, 0.1) is 0 Å². The number of aromatic hydroxyl groups is 1. The van der Waals surface area contributed by atoms with Crippen LogP contribution < -0.4 is 9.47 Å². The second kappa shape index (κ2) is 9.15. The third-order valence-electron chi connectivity index (χ3n) is 5.40. The molecule has 9 nitrogen and oxygen atoms in total. The van der Waals surface area contributed by atoms with Crippen molar-refractivity contribution in [1.82, 2.24) is 24.9 Å². The van der Waals surface area contributed by atoms with Gasteiger partial charge in [0.1, 0.15) is 12.4 Å². The van der Waals surface area contributed by atoms with Gasteiger partial charge in [0.05, 0.1) is 11.3 Å². The maximum Gasteiger partial charge on any atom is 0.261 e. The summed E-state index contributed by atoms with van der Waals surface area (Å²) in [6.07, 6.45) is -0.426. The van der Waals surface area contributed by atoms with Crippen molar-refractivity contribution in [2.45, 2.75) is 17.0 Å². The number of para-hydroxylation sites is 4. The molecule has 0 saturated heterocycles. The Bertz CT molecular complexity index is 1470. The molecule has 0 aliphatic carbocycles. The minimum Gasteiger partial charge on any atom is -0.507 e. The number of phenols is 1. The van der Waals surface area contributed by atoms with Gasteiger partial charge in [0.25, 0.3) is 5.89 Å². The first-order valence-electron chi connectivity index (χ1n) is 10.9. The summed E-state index contributed by atoms with van der Waals surface area (Å²) in [7, 11) is 0. The monoisotopic (exact) mass is 485 g/mol. The third-order valence-corrected chi connectivity index (χ3v) is 6.33. The predicted molar refractivity (Wildman–Crippen MR) is 128 cm³/mol. The summed E-state index contributed by atoms with van der Waals surface area (Å²) in [6, 6.07) is 24.2. The highest BCUT2D eigenvalue weighted by Crippen LogP contribution is 2.37. The molecule has 35 heavy (non-hydrogen) atoms. The van der Waals surface area contributed by atoms with E-state index < -0.39 is 6.10 Å². The van der Waals surface area contributed by atoms with Gasteiger partial charge in [0.15, 0.2) is 34.4 Å². The van der Waals surface area contributed by atoms with Gasteiger partial charge in [0, 0.05) is 5.69 Å². The summed E-state index contributed by atoms with van der Waals surface area (Å²) in [4.78, 5) is 4.42. The normalized spacial score (nSPS) is 14.7. The molecular weight excluding hydrogens is 466 g/mol. The smallest absolute Gasteiger partial charge is 0.261 e. The first kappa shape index (κ1) is 21.2. The summed E-state index contributed by atoms with van der Waals surface area (Å²) in [5.41, 5.74) is 1.39. The predicted octanol–water partition coefficient (Wildman–Crippen LogP) is 4.83. The molecule has 3 aromatic carbocycles. The van der Waals surface area contributed by atoms with E-state index in [1.165, 1.54) is 11.8 Å². The number of hydrogen-bond donors (Lipinski definition) is 1. The van der Waals surface area contributed by atoms with Crippen molar-refractivity contribution in [3.63, 3.8) is 0 Å². The fourth-order valence-electron chi connectivity index (χ4n) is 3.76. The second-order valence-electron chi connectivity index (χ2n) is 7.70. The van der Waals surface area contributed by atoms with Gasteiger partial charge >= 0.3 is 0 Å². The number of aromatic nitrogens is 5. The molecule has 0 fully saturated rings. The van der Waals surface area contributed by atoms with Crippen LogP contribution in [0.15, 0.2) is 88.5 Å². The first-order valence-corrected chi connectivity index (χ1v) is 11.9. The van der Waals surface area contributed by atoms with Gasteiger partial charge in [-0.05, 0) is 36.4 Å². The first-order chi connectivity index (χ1) is 17.3. The van der Waals surface area contributed by atoms with Crippen molar-refractivity contribution >= 4 is 11.8 Å². The van der Waals surface area contributed by atoms with E-state index in [1.54, 1.807) is 24.3 Å². The molecule has 1 aliphatic rings. The lowest BCUT2D eigenvalue weighted by Crippen LogP contribution is -2.24. The van der Waals surface area contributed by atoms with E-state index in [1.807, 2.05) is 59.2 Å². The minimum atomic E-state index is -0.426. The average molecular weight is 486 g/mol. The Morgan fingerprint density at radius 1 is 0.914 bits per heavy atom. The van der Waals surface area contributed by atoms with Crippen molar-refractivity contribution in [1.29, 1.82) is 0 Å². The Labute approximate surface area is 204 Å². The summed E-state index contributed by atoms with van der Waals surface area (Å²) in [5.74, 6) is 3.23. The molecule has 1 aliphatic heterocycles. The Hall–Kier alpha value is -4.31. The minimum absolute atomic E-state index is 0.0834. The molecule has 0 bridgehead atoms. The van der Waals surface area contributed by atoms with E-state index in [-0.39, 0.29) is 11.6 Å². The molecule has 10 heteroatoms. The van der Waals surface area contributed by atoms with Gasteiger partial charge in [0.2, 0.25) is 0 Å². The number of benzene rings is 3. The molecule has 174 valence electrons. The molecule has 0 saturated carbocycles. The largest absolute Gasteiger partial charge is 0.507 e. The van der Waals surface area contributed by atoms with Gasteiger partial charge in [-0.1, -0.05) is 59.4 Å². The van der Waals surface area contributed by atoms with Crippen molar-refractivity contribution in [3.8, 4) is 34.4 Å². The van der Waals surface area contributed by atoms with E-state index in [2.05, 4.69) is 20.3 Å². The van der Waals surface area contributed by atoms with E-state index in [4.69, 9.17) is 14.0 Å². The Balaban J connectivity index is 1.28. The summed E-state index contributed by atoms with van der Waals surface area (Å²) in [6.45, 7) is 0.321. The number of nitrogens with zero attached hydrogens (tertiary/aromatic N) is 5. The van der Waals surface area contributed by atoms with Crippen molar-refractivity contribution in [2.24, 2.45) is 0 Å².